The number of fused-ring (bicyclic) bond motifs is 3. The van der Waals surface area contributed by atoms with E-state index in [1.54, 1.807) is 19.2 Å². The van der Waals surface area contributed by atoms with Gasteiger partial charge in [0.05, 0.1) is 5.69 Å². The Balaban J connectivity index is 1.28. The van der Waals surface area contributed by atoms with Crippen LogP contribution in [0.4, 0.5) is 16.2 Å². The standard InChI is InChI=1S/C29H29N3O6/c1-18(33)32(3)26-13-12-20(16-27(26)38-19(2)34)31-28(35)14-15-30-29(36)37-17-25-23-10-6-4-8-21(23)22-9-5-7-11-24(22)25/h4-13,16,25H,14-15,17H2,1-3H3,(H,30,36)(H,31,35). The second kappa shape index (κ2) is 11.6. The molecule has 9 nitrogen and oxygen atoms in total. The van der Waals surface area contributed by atoms with Crippen molar-refractivity contribution in [3.05, 3.63) is 77.9 Å². The Morgan fingerprint density at radius 3 is 2.13 bits per heavy atom. The van der Waals surface area contributed by atoms with Gasteiger partial charge < -0.3 is 25.0 Å². The molecule has 4 rings (SSSR count). The SMILES string of the molecule is CC(=O)Oc1cc(NC(=O)CCNC(=O)OCC2c3ccccc3-c3ccccc32)ccc1N(C)C(C)=O. The number of anilines is 2. The molecule has 0 saturated heterocycles. The first kappa shape index (κ1) is 26.4. The highest BCUT2D eigenvalue weighted by molar-refractivity contribution is 5.95. The van der Waals surface area contributed by atoms with Crippen molar-refractivity contribution in [1.29, 1.82) is 0 Å². The minimum Gasteiger partial charge on any atom is -0.449 e. The normalized spacial score (nSPS) is 11.7. The summed E-state index contributed by atoms with van der Waals surface area (Å²) in [6.45, 7) is 2.89. The summed E-state index contributed by atoms with van der Waals surface area (Å²) in [6, 6.07) is 20.8. The van der Waals surface area contributed by atoms with Gasteiger partial charge in [-0.1, -0.05) is 48.5 Å². The largest absolute Gasteiger partial charge is 0.449 e. The summed E-state index contributed by atoms with van der Waals surface area (Å²) >= 11 is 0. The Morgan fingerprint density at radius 2 is 1.53 bits per heavy atom. The predicted molar refractivity (Wildman–Crippen MR) is 143 cm³/mol. The number of alkyl carbamates (subject to hydrolysis) is 1. The average Bonchev–Trinajstić information content (AvgIpc) is 3.20. The van der Waals surface area contributed by atoms with Crippen LogP contribution in [0.15, 0.2) is 66.7 Å². The molecule has 9 heteroatoms. The van der Waals surface area contributed by atoms with Crippen molar-refractivity contribution < 1.29 is 28.7 Å². The van der Waals surface area contributed by atoms with E-state index in [1.807, 2.05) is 36.4 Å². The summed E-state index contributed by atoms with van der Waals surface area (Å²) in [5.41, 5.74) is 5.30. The van der Waals surface area contributed by atoms with Crippen molar-refractivity contribution in [1.82, 2.24) is 5.32 Å². The number of carbonyl (C=O) groups is 4. The fourth-order valence-corrected chi connectivity index (χ4v) is 4.43. The van der Waals surface area contributed by atoms with E-state index in [2.05, 4.69) is 22.8 Å². The highest BCUT2D eigenvalue weighted by atomic mass is 16.5. The lowest BCUT2D eigenvalue weighted by atomic mass is 9.98. The van der Waals surface area contributed by atoms with Crippen molar-refractivity contribution >= 4 is 35.3 Å². The molecule has 3 aromatic carbocycles. The van der Waals surface area contributed by atoms with Gasteiger partial charge in [0.1, 0.15) is 6.61 Å². The molecular formula is C29H29N3O6. The molecule has 0 aromatic heterocycles. The Bertz CT molecular complexity index is 1340. The zero-order valence-corrected chi connectivity index (χ0v) is 21.4. The van der Waals surface area contributed by atoms with Gasteiger partial charge in [0, 0.05) is 51.5 Å². The van der Waals surface area contributed by atoms with Crippen LogP contribution in [0.1, 0.15) is 37.3 Å². The van der Waals surface area contributed by atoms with E-state index in [0.717, 1.165) is 22.3 Å². The molecular weight excluding hydrogens is 486 g/mol. The zero-order chi connectivity index (χ0) is 27.2. The highest BCUT2D eigenvalue weighted by Gasteiger charge is 2.29. The van der Waals surface area contributed by atoms with Crippen molar-refractivity contribution in [3.63, 3.8) is 0 Å². The van der Waals surface area contributed by atoms with Crippen LogP contribution < -0.4 is 20.3 Å². The zero-order valence-electron chi connectivity index (χ0n) is 21.4. The molecule has 1 aliphatic rings. The van der Waals surface area contributed by atoms with E-state index in [1.165, 1.54) is 24.8 Å². The third kappa shape index (κ3) is 6.00. The summed E-state index contributed by atoms with van der Waals surface area (Å²) in [6.07, 6.45) is -0.601. The monoisotopic (exact) mass is 515 g/mol. The van der Waals surface area contributed by atoms with E-state index < -0.39 is 12.1 Å². The van der Waals surface area contributed by atoms with E-state index in [-0.39, 0.29) is 43.1 Å². The Kier molecular flexibility index (Phi) is 8.06. The lowest BCUT2D eigenvalue weighted by molar-refractivity contribution is -0.132. The van der Waals surface area contributed by atoms with E-state index >= 15 is 0 Å². The number of esters is 1. The third-order valence-corrected chi connectivity index (χ3v) is 6.30. The van der Waals surface area contributed by atoms with Crippen molar-refractivity contribution in [3.8, 4) is 16.9 Å². The van der Waals surface area contributed by atoms with Crippen LogP contribution in [0.25, 0.3) is 11.1 Å². The van der Waals surface area contributed by atoms with Gasteiger partial charge in [-0.3, -0.25) is 14.4 Å². The fourth-order valence-electron chi connectivity index (χ4n) is 4.43. The number of hydrogen-bond acceptors (Lipinski definition) is 6. The van der Waals surface area contributed by atoms with E-state index in [0.29, 0.717) is 11.4 Å². The number of nitrogens with one attached hydrogen (secondary N) is 2. The van der Waals surface area contributed by atoms with Crippen molar-refractivity contribution in [2.75, 3.05) is 30.4 Å². The van der Waals surface area contributed by atoms with Crippen molar-refractivity contribution in [2.45, 2.75) is 26.2 Å². The number of rotatable bonds is 8. The van der Waals surface area contributed by atoms with Gasteiger partial charge in [0.25, 0.3) is 0 Å². The fraction of sp³-hybridized carbons (Fsp3) is 0.241. The highest BCUT2D eigenvalue weighted by Crippen LogP contribution is 2.44. The molecule has 0 spiro atoms. The van der Waals surface area contributed by atoms with E-state index in [4.69, 9.17) is 9.47 Å². The molecule has 38 heavy (non-hydrogen) atoms. The number of ether oxygens (including phenoxy) is 2. The number of amides is 3. The molecule has 0 unspecified atom stereocenters. The maximum atomic E-state index is 12.4. The Labute approximate surface area is 220 Å². The second-order valence-corrected chi connectivity index (χ2v) is 8.90. The molecule has 0 radical (unpaired) electrons. The van der Waals surface area contributed by atoms with Crippen LogP contribution in [0.2, 0.25) is 0 Å². The van der Waals surface area contributed by atoms with Crippen LogP contribution >= 0.6 is 0 Å². The molecule has 0 atom stereocenters. The lowest BCUT2D eigenvalue weighted by Gasteiger charge is -2.19. The number of nitrogens with zero attached hydrogens (tertiary/aromatic N) is 1. The van der Waals surface area contributed by atoms with Gasteiger partial charge in [-0.2, -0.15) is 0 Å². The first-order valence-corrected chi connectivity index (χ1v) is 12.2. The molecule has 0 aliphatic heterocycles. The van der Waals surface area contributed by atoms with Crippen LogP contribution in [-0.2, 0) is 19.1 Å². The molecule has 0 heterocycles. The van der Waals surface area contributed by atoms with Crippen LogP contribution in [0.5, 0.6) is 5.75 Å². The van der Waals surface area contributed by atoms with Gasteiger partial charge in [-0.25, -0.2) is 4.79 Å². The first-order chi connectivity index (χ1) is 18.2. The topological polar surface area (TPSA) is 114 Å². The molecule has 3 aromatic rings. The Morgan fingerprint density at radius 1 is 0.895 bits per heavy atom. The minimum absolute atomic E-state index is 0.00218. The van der Waals surface area contributed by atoms with Gasteiger partial charge in [-0.05, 0) is 34.4 Å². The van der Waals surface area contributed by atoms with Crippen LogP contribution in [0, 0.1) is 0 Å². The summed E-state index contributed by atoms with van der Waals surface area (Å²) in [4.78, 5) is 49.3. The van der Waals surface area contributed by atoms with E-state index in [9.17, 15) is 19.2 Å². The smallest absolute Gasteiger partial charge is 0.407 e. The number of benzene rings is 3. The second-order valence-electron chi connectivity index (χ2n) is 8.90. The maximum absolute atomic E-state index is 12.4. The summed E-state index contributed by atoms with van der Waals surface area (Å²) in [7, 11) is 1.55. The van der Waals surface area contributed by atoms with Gasteiger partial charge in [-0.15, -0.1) is 0 Å². The first-order valence-electron chi connectivity index (χ1n) is 12.2. The molecule has 0 saturated carbocycles. The van der Waals surface area contributed by atoms with Gasteiger partial charge in [0.15, 0.2) is 5.75 Å². The van der Waals surface area contributed by atoms with Gasteiger partial charge >= 0.3 is 12.1 Å². The number of hydrogen-bond donors (Lipinski definition) is 2. The number of carbonyl (C=O) groups excluding carboxylic acids is 4. The molecule has 3 amide bonds. The summed E-state index contributed by atoms with van der Waals surface area (Å²) < 4.78 is 10.7. The third-order valence-electron chi connectivity index (χ3n) is 6.30. The predicted octanol–water partition coefficient (Wildman–Crippen LogP) is 4.46. The van der Waals surface area contributed by atoms with Crippen molar-refractivity contribution in [2.24, 2.45) is 0 Å². The quantitative estimate of drug-likeness (QED) is 0.338. The minimum atomic E-state index is -0.603. The lowest BCUT2D eigenvalue weighted by Crippen LogP contribution is -2.29. The Hall–Kier alpha value is -4.66. The van der Waals surface area contributed by atoms with Crippen LogP contribution in [0.3, 0.4) is 0 Å². The molecule has 2 N–H and O–H groups in total. The van der Waals surface area contributed by atoms with Crippen LogP contribution in [-0.4, -0.2) is 44.1 Å². The molecule has 1 aliphatic carbocycles. The summed E-state index contributed by atoms with van der Waals surface area (Å²) in [5, 5.41) is 5.31. The molecule has 196 valence electrons. The summed E-state index contributed by atoms with van der Waals surface area (Å²) in [5.74, 6) is -1.06. The average molecular weight is 516 g/mol. The molecule has 0 bridgehead atoms. The van der Waals surface area contributed by atoms with Gasteiger partial charge in [0.2, 0.25) is 11.8 Å². The maximum Gasteiger partial charge on any atom is 0.407 e. The molecule has 0 fully saturated rings.